The fourth-order valence-electron chi connectivity index (χ4n) is 7.45. The third-order valence-electron chi connectivity index (χ3n) is 10.9. The lowest BCUT2D eigenvalue weighted by atomic mass is 9.82. The molecule has 0 N–H and O–H groups in total. The molecule has 1 nitrogen and oxygen atoms in total. The Morgan fingerprint density at radius 3 is 1.08 bits per heavy atom. The van der Waals surface area contributed by atoms with Crippen LogP contribution in [0.25, 0.3) is 0 Å². The van der Waals surface area contributed by atoms with Crippen LogP contribution in [0.5, 0.6) is 0 Å². The van der Waals surface area contributed by atoms with E-state index in [9.17, 15) is 0 Å². The van der Waals surface area contributed by atoms with Crippen LogP contribution >= 0.6 is 0 Å². The van der Waals surface area contributed by atoms with E-state index in [1.807, 2.05) is 13.8 Å². The summed E-state index contributed by atoms with van der Waals surface area (Å²) in [5.74, 6) is 1.93. The summed E-state index contributed by atoms with van der Waals surface area (Å²) < 4.78 is 0. The predicted octanol–water partition coefficient (Wildman–Crippen LogP) is 18.1. The first-order valence-corrected chi connectivity index (χ1v) is 23.8. The Balaban J connectivity index is -0.00000173. The molecular weight excluding hydrogens is 603 g/mol. The zero-order valence-corrected chi connectivity index (χ0v) is 37.3. The van der Waals surface area contributed by atoms with Gasteiger partial charge in [-0.25, -0.2) is 0 Å². The van der Waals surface area contributed by atoms with Crippen LogP contribution in [0.2, 0.25) is 0 Å². The predicted molar refractivity (Wildman–Crippen MR) is 236 cm³/mol. The maximum absolute atomic E-state index is 4.04. The van der Waals surface area contributed by atoms with E-state index in [-0.39, 0.29) is 0 Å². The minimum absolute atomic E-state index is 0.939. The molecule has 0 radical (unpaired) electrons. The highest BCUT2D eigenvalue weighted by molar-refractivity contribution is 4.87. The highest BCUT2D eigenvalue weighted by Gasteiger charge is 2.16. The van der Waals surface area contributed by atoms with Crippen molar-refractivity contribution >= 4 is 0 Å². The number of nitrogens with zero attached hydrogens (tertiary/aromatic N) is 1. The molecular formula is C49H103N. The molecule has 0 aromatic heterocycles. The van der Waals surface area contributed by atoms with Gasteiger partial charge in [-0.15, -0.1) is 6.58 Å². The Morgan fingerprint density at radius 2 is 0.720 bits per heavy atom. The molecule has 0 aromatic carbocycles. The molecule has 0 saturated carbocycles. The molecule has 0 bridgehead atoms. The molecule has 0 aliphatic rings. The van der Waals surface area contributed by atoms with Gasteiger partial charge in [0.25, 0.3) is 0 Å². The molecule has 1 unspecified atom stereocenters. The number of rotatable bonds is 38. The first-order chi connectivity index (χ1) is 24.5. The maximum Gasteiger partial charge on any atom is -0.00187 e. The maximum atomic E-state index is 4.04. The second-order valence-electron chi connectivity index (χ2n) is 16.1. The lowest BCUT2D eigenvalue weighted by Crippen LogP contribution is -2.27. The lowest BCUT2D eigenvalue weighted by molar-refractivity contribution is 0.260. The summed E-state index contributed by atoms with van der Waals surface area (Å²) in [6.07, 6.45) is 47.1. The van der Waals surface area contributed by atoms with Gasteiger partial charge in [0.15, 0.2) is 0 Å². The topological polar surface area (TPSA) is 3.24 Å². The summed E-state index contributed by atoms with van der Waals surface area (Å²) in [5.41, 5.74) is 1.34. The standard InChI is InChI=1S/C38H77N.C9H20.C2H6/c1-7-10-12-14-19-25-31-38(32-26-20-15-13-11-8-2)37(6)30-24-18-16-17-21-27-34-39(33-9-3)35-28-22-23-29-36(4)5;1-3-5-7-9-8-6-4-2;1-2/h37-38H,4,7-35H2,1-3,5-6H3;3-9H2,1-2H3;1-2H3. The van der Waals surface area contributed by atoms with E-state index in [2.05, 4.69) is 59.9 Å². The quantitative estimate of drug-likeness (QED) is 0.0456. The van der Waals surface area contributed by atoms with Crippen molar-refractivity contribution in [3.8, 4) is 0 Å². The van der Waals surface area contributed by atoms with Gasteiger partial charge in [-0.3, -0.25) is 0 Å². The Hall–Kier alpha value is -0.300. The van der Waals surface area contributed by atoms with E-state index < -0.39 is 0 Å². The minimum atomic E-state index is 0.939. The van der Waals surface area contributed by atoms with Crippen molar-refractivity contribution in [1.82, 2.24) is 4.90 Å². The fraction of sp³-hybridized carbons (Fsp3) is 0.959. The summed E-state index contributed by atoms with van der Waals surface area (Å²) in [5, 5.41) is 0. The van der Waals surface area contributed by atoms with E-state index in [1.165, 1.54) is 237 Å². The minimum Gasteiger partial charge on any atom is -0.303 e. The first kappa shape index (κ1) is 54.0. The molecule has 0 aromatic rings. The third kappa shape index (κ3) is 45.7. The van der Waals surface area contributed by atoms with E-state index >= 15 is 0 Å². The summed E-state index contributed by atoms with van der Waals surface area (Å²) in [7, 11) is 0. The second-order valence-corrected chi connectivity index (χ2v) is 16.1. The van der Waals surface area contributed by atoms with Gasteiger partial charge in [-0.1, -0.05) is 241 Å². The molecule has 0 fully saturated rings. The van der Waals surface area contributed by atoms with Gasteiger partial charge in [-0.05, 0) is 70.5 Å². The highest BCUT2D eigenvalue weighted by atomic mass is 15.1. The SMILES string of the molecule is C=C(C)CCCCCN(CCC)CCCCCCCCC(C)C(CCCCCCCC)CCCCCCCC.CC.CCCCCCCCC. The van der Waals surface area contributed by atoms with Crippen LogP contribution in [-0.2, 0) is 0 Å². The summed E-state index contributed by atoms with van der Waals surface area (Å²) in [6.45, 7) is 28.2. The molecule has 0 spiro atoms. The smallest absolute Gasteiger partial charge is 0.00187 e. The molecule has 0 rings (SSSR count). The summed E-state index contributed by atoms with van der Waals surface area (Å²) >= 11 is 0. The molecule has 0 aliphatic heterocycles. The van der Waals surface area contributed by atoms with Crippen molar-refractivity contribution in [2.45, 2.75) is 274 Å². The van der Waals surface area contributed by atoms with Crippen LogP contribution in [0, 0.1) is 11.8 Å². The van der Waals surface area contributed by atoms with Crippen molar-refractivity contribution < 1.29 is 0 Å². The monoisotopic (exact) mass is 706 g/mol. The Kier molecular flexibility index (Phi) is 52.6. The van der Waals surface area contributed by atoms with E-state index in [1.54, 1.807) is 0 Å². The van der Waals surface area contributed by atoms with Crippen molar-refractivity contribution in [2.75, 3.05) is 19.6 Å². The van der Waals surface area contributed by atoms with Gasteiger partial charge in [-0.2, -0.15) is 0 Å². The van der Waals surface area contributed by atoms with Crippen LogP contribution in [0.4, 0.5) is 0 Å². The van der Waals surface area contributed by atoms with E-state index in [4.69, 9.17) is 0 Å². The van der Waals surface area contributed by atoms with Crippen LogP contribution in [0.3, 0.4) is 0 Å². The van der Waals surface area contributed by atoms with Crippen LogP contribution < -0.4 is 0 Å². The number of allylic oxidation sites excluding steroid dienone is 1. The number of hydrogen-bond acceptors (Lipinski definition) is 1. The third-order valence-corrected chi connectivity index (χ3v) is 10.9. The van der Waals surface area contributed by atoms with Crippen LogP contribution in [0.15, 0.2) is 12.2 Å². The Morgan fingerprint density at radius 1 is 0.400 bits per heavy atom. The number of hydrogen-bond donors (Lipinski definition) is 0. The molecule has 1 atom stereocenters. The molecule has 0 amide bonds. The average molecular weight is 706 g/mol. The lowest BCUT2D eigenvalue weighted by Gasteiger charge is -2.24. The molecule has 50 heavy (non-hydrogen) atoms. The number of unbranched alkanes of at least 4 members (excludes halogenated alkanes) is 23. The fourth-order valence-corrected chi connectivity index (χ4v) is 7.45. The Bertz CT molecular complexity index is 560. The van der Waals surface area contributed by atoms with Crippen molar-refractivity contribution in [3.05, 3.63) is 12.2 Å². The van der Waals surface area contributed by atoms with E-state index in [0.29, 0.717) is 0 Å². The normalized spacial score (nSPS) is 11.7. The summed E-state index contributed by atoms with van der Waals surface area (Å²) in [6, 6.07) is 0. The van der Waals surface area contributed by atoms with Gasteiger partial charge in [0, 0.05) is 0 Å². The largest absolute Gasteiger partial charge is 0.303 e. The molecule has 0 aliphatic carbocycles. The van der Waals surface area contributed by atoms with Crippen molar-refractivity contribution in [1.29, 1.82) is 0 Å². The van der Waals surface area contributed by atoms with Gasteiger partial charge in [0.2, 0.25) is 0 Å². The van der Waals surface area contributed by atoms with Gasteiger partial charge < -0.3 is 4.90 Å². The zero-order valence-electron chi connectivity index (χ0n) is 37.3. The van der Waals surface area contributed by atoms with Crippen LogP contribution in [-0.4, -0.2) is 24.5 Å². The zero-order chi connectivity index (χ0) is 37.8. The average Bonchev–Trinajstić information content (AvgIpc) is 3.12. The molecule has 0 heterocycles. The molecule has 0 saturated heterocycles. The first-order valence-electron chi connectivity index (χ1n) is 23.8. The molecule has 304 valence electrons. The summed E-state index contributed by atoms with van der Waals surface area (Å²) in [4.78, 5) is 2.73. The van der Waals surface area contributed by atoms with Crippen molar-refractivity contribution in [2.24, 2.45) is 11.8 Å². The van der Waals surface area contributed by atoms with Crippen molar-refractivity contribution in [3.63, 3.8) is 0 Å². The van der Waals surface area contributed by atoms with Crippen LogP contribution in [0.1, 0.15) is 274 Å². The molecule has 1 heteroatoms. The van der Waals surface area contributed by atoms with E-state index in [0.717, 1.165) is 11.8 Å². The highest BCUT2D eigenvalue weighted by Crippen LogP contribution is 2.29. The second kappa shape index (κ2) is 48.7. The van der Waals surface area contributed by atoms with Gasteiger partial charge >= 0.3 is 0 Å². The van der Waals surface area contributed by atoms with Gasteiger partial charge in [0.1, 0.15) is 0 Å². The van der Waals surface area contributed by atoms with Gasteiger partial charge in [0.05, 0.1) is 0 Å². The Labute approximate surface area is 321 Å².